The first-order valence-corrected chi connectivity index (χ1v) is 7.95. The number of rotatable bonds is 3. The monoisotopic (exact) mass is 325 g/mol. The highest BCUT2D eigenvalue weighted by molar-refractivity contribution is 7.09. The minimum absolute atomic E-state index is 0.182. The van der Waals surface area contributed by atoms with Crippen molar-refractivity contribution < 1.29 is 0 Å². The topological polar surface area (TPSA) is 30.7 Å². The molecule has 0 aliphatic carbocycles. The van der Waals surface area contributed by atoms with Gasteiger partial charge in [0, 0.05) is 5.38 Å². The summed E-state index contributed by atoms with van der Waals surface area (Å²) in [5.41, 5.74) is 2.81. The number of thiazole rings is 1. The molecule has 1 unspecified atom stereocenters. The van der Waals surface area contributed by atoms with E-state index in [1.165, 1.54) is 0 Å². The van der Waals surface area contributed by atoms with E-state index in [4.69, 9.17) is 23.2 Å². The molecule has 0 amide bonds. The minimum Gasteiger partial charge on any atom is -0.321 e. The summed E-state index contributed by atoms with van der Waals surface area (Å²) < 4.78 is 2.09. The van der Waals surface area contributed by atoms with Gasteiger partial charge >= 0.3 is 0 Å². The molecule has 2 heterocycles. The summed E-state index contributed by atoms with van der Waals surface area (Å²) in [5, 5.41) is 3.59. The highest BCUT2D eigenvalue weighted by atomic mass is 35.5. The van der Waals surface area contributed by atoms with Crippen LogP contribution in [-0.4, -0.2) is 14.5 Å². The molecule has 0 spiro atoms. The average molecular weight is 326 g/mol. The first-order valence-electron chi connectivity index (χ1n) is 6.26. The summed E-state index contributed by atoms with van der Waals surface area (Å²) in [6.07, 6.45) is 0. The molecule has 0 radical (unpaired) electrons. The summed E-state index contributed by atoms with van der Waals surface area (Å²) in [6, 6.07) is 5.78. The molecule has 0 N–H and O–H groups in total. The van der Waals surface area contributed by atoms with Crippen molar-refractivity contribution in [3.63, 3.8) is 0 Å². The Kier molecular flexibility index (Phi) is 3.71. The molecule has 0 fully saturated rings. The summed E-state index contributed by atoms with van der Waals surface area (Å²) in [6.45, 7) is 4.58. The average Bonchev–Trinajstić information content (AvgIpc) is 2.96. The van der Waals surface area contributed by atoms with Crippen molar-refractivity contribution in [1.29, 1.82) is 0 Å². The lowest BCUT2D eigenvalue weighted by Gasteiger charge is -2.08. The second-order valence-corrected chi connectivity index (χ2v) is 6.76. The van der Waals surface area contributed by atoms with Crippen molar-refractivity contribution in [3.8, 4) is 0 Å². The Hall–Kier alpha value is -1.10. The van der Waals surface area contributed by atoms with Crippen LogP contribution in [0.25, 0.3) is 11.0 Å². The number of para-hydroxylation sites is 1. The number of halogens is 2. The number of fused-ring (bicyclic) bond motifs is 1. The molecule has 104 valence electrons. The van der Waals surface area contributed by atoms with E-state index in [2.05, 4.69) is 19.9 Å². The summed E-state index contributed by atoms with van der Waals surface area (Å²) in [4.78, 5) is 9.10. The molecule has 20 heavy (non-hydrogen) atoms. The third kappa shape index (κ3) is 2.43. The molecular formula is C14H13Cl2N3S. The standard InChI is InChI=1S/C14H13Cl2N3S/c1-8(15)14-18-13-11(16)4-3-5-12(13)19(14)6-10-7-20-9(2)17-10/h3-5,7-8H,6H2,1-2H3. The molecule has 0 saturated carbocycles. The van der Waals surface area contributed by atoms with Crippen molar-refractivity contribution >= 4 is 45.6 Å². The first-order chi connectivity index (χ1) is 9.56. The van der Waals surface area contributed by atoms with Crippen LogP contribution in [0.15, 0.2) is 23.6 Å². The number of imidazole rings is 1. The van der Waals surface area contributed by atoms with E-state index in [0.717, 1.165) is 27.6 Å². The molecule has 0 saturated heterocycles. The maximum atomic E-state index is 6.26. The van der Waals surface area contributed by atoms with Crippen molar-refractivity contribution in [2.75, 3.05) is 0 Å². The summed E-state index contributed by atoms with van der Waals surface area (Å²) in [7, 11) is 0. The Morgan fingerprint density at radius 1 is 1.35 bits per heavy atom. The minimum atomic E-state index is -0.182. The maximum Gasteiger partial charge on any atom is 0.128 e. The van der Waals surface area contributed by atoms with Crippen molar-refractivity contribution in [1.82, 2.24) is 14.5 Å². The molecule has 3 aromatic rings. The molecule has 3 rings (SSSR count). The van der Waals surface area contributed by atoms with Gasteiger partial charge in [-0.15, -0.1) is 22.9 Å². The number of aryl methyl sites for hydroxylation is 1. The van der Waals surface area contributed by atoms with Gasteiger partial charge in [-0.3, -0.25) is 0 Å². The highest BCUT2D eigenvalue weighted by Crippen LogP contribution is 2.29. The number of aromatic nitrogens is 3. The van der Waals surface area contributed by atoms with Crippen LogP contribution in [0.2, 0.25) is 5.02 Å². The van der Waals surface area contributed by atoms with E-state index in [1.807, 2.05) is 32.0 Å². The number of hydrogen-bond acceptors (Lipinski definition) is 3. The van der Waals surface area contributed by atoms with E-state index >= 15 is 0 Å². The van der Waals surface area contributed by atoms with E-state index in [-0.39, 0.29) is 5.38 Å². The summed E-state index contributed by atoms with van der Waals surface area (Å²) in [5.74, 6) is 0.820. The van der Waals surface area contributed by atoms with Gasteiger partial charge in [0.2, 0.25) is 0 Å². The van der Waals surface area contributed by atoms with E-state index in [0.29, 0.717) is 11.6 Å². The van der Waals surface area contributed by atoms with Gasteiger partial charge in [0.05, 0.1) is 33.2 Å². The second kappa shape index (κ2) is 5.35. The SMILES string of the molecule is Cc1nc(Cn2c(C(C)Cl)nc3c(Cl)cccc32)cs1. The Morgan fingerprint density at radius 3 is 2.80 bits per heavy atom. The lowest BCUT2D eigenvalue weighted by molar-refractivity contribution is 0.729. The number of hydrogen-bond donors (Lipinski definition) is 0. The zero-order valence-electron chi connectivity index (χ0n) is 11.1. The van der Waals surface area contributed by atoms with Gasteiger partial charge in [-0.05, 0) is 26.0 Å². The van der Waals surface area contributed by atoms with Gasteiger partial charge in [-0.25, -0.2) is 9.97 Å². The van der Waals surface area contributed by atoms with Gasteiger partial charge in [-0.2, -0.15) is 0 Å². The van der Waals surface area contributed by atoms with Crippen molar-refractivity contribution in [3.05, 3.63) is 45.1 Å². The van der Waals surface area contributed by atoms with E-state index < -0.39 is 0 Å². The van der Waals surface area contributed by atoms with Crippen LogP contribution in [0.3, 0.4) is 0 Å². The van der Waals surface area contributed by atoms with Crippen LogP contribution in [0, 0.1) is 6.92 Å². The predicted molar refractivity (Wildman–Crippen MR) is 85.0 cm³/mol. The van der Waals surface area contributed by atoms with Crippen LogP contribution in [0.4, 0.5) is 0 Å². The second-order valence-electron chi connectivity index (χ2n) is 4.64. The van der Waals surface area contributed by atoms with Crippen molar-refractivity contribution in [2.24, 2.45) is 0 Å². The third-order valence-electron chi connectivity index (χ3n) is 3.10. The number of benzene rings is 1. The Labute approximate surface area is 131 Å². The first kappa shape index (κ1) is 13.9. The Bertz CT molecular complexity index is 761. The highest BCUT2D eigenvalue weighted by Gasteiger charge is 2.17. The number of nitrogens with zero attached hydrogens (tertiary/aromatic N) is 3. The fourth-order valence-corrected chi connectivity index (χ4v) is 3.23. The number of alkyl halides is 1. The summed E-state index contributed by atoms with van der Waals surface area (Å²) >= 11 is 14.1. The molecule has 2 aromatic heterocycles. The van der Waals surface area contributed by atoms with Gasteiger partial charge in [-0.1, -0.05) is 17.7 Å². The molecule has 0 bridgehead atoms. The molecule has 1 atom stereocenters. The molecule has 0 aliphatic heterocycles. The lowest BCUT2D eigenvalue weighted by Crippen LogP contribution is -2.06. The Balaban J connectivity index is 2.16. The van der Waals surface area contributed by atoms with Gasteiger partial charge in [0.15, 0.2) is 0 Å². The van der Waals surface area contributed by atoms with Crippen molar-refractivity contribution in [2.45, 2.75) is 25.8 Å². The Morgan fingerprint density at radius 2 is 2.15 bits per heavy atom. The van der Waals surface area contributed by atoms with Crippen LogP contribution >= 0.6 is 34.5 Å². The molecule has 0 aliphatic rings. The van der Waals surface area contributed by atoms with E-state index in [1.54, 1.807) is 11.3 Å². The zero-order chi connectivity index (χ0) is 14.3. The van der Waals surface area contributed by atoms with E-state index in [9.17, 15) is 0 Å². The van der Waals surface area contributed by atoms with Crippen LogP contribution in [0.5, 0.6) is 0 Å². The molecule has 6 heteroatoms. The fourth-order valence-electron chi connectivity index (χ4n) is 2.24. The largest absolute Gasteiger partial charge is 0.321 e. The van der Waals surface area contributed by atoms with Crippen LogP contribution < -0.4 is 0 Å². The lowest BCUT2D eigenvalue weighted by atomic mass is 10.3. The smallest absolute Gasteiger partial charge is 0.128 e. The fraction of sp³-hybridized carbons (Fsp3) is 0.286. The normalized spacial score (nSPS) is 13.0. The third-order valence-corrected chi connectivity index (χ3v) is 4.42. The quantitative estimate of drug-likeness (QED) is 0.647. The van der Waals surface area contributed by atoms with Crippen LogP contribution in [0.1, 0.15) is 28.8 Å². The zero-order valence-corrected chi connectivity index (χ0v) is 13.4. The molecule has 3 nitrogen and oxygen atoms in total. The van der Waals surface area contributed by atoms with Crippen LogP contribution in [-0.2, 0) is 6.54 Å². The van der Waals surface area contributed by atoms with Gasteiger partial charge in [0.1, 0.15) is 11.3 Å². The van der Waals surface area contributed by atoms with Gasteiger partial charge < -0.3 is 4.57 Å². The molecule has 1 aromatic carbocycles. The predicted octanol–water partition coefficient (Wildman–Crippen LogP) is 4.80. The van der Waals surface area contributed by atoms with Gasteiger partial charge in [0.25, 0.3) is 0 Å². The maximum absolute atomic E-state index is 6.26. The molecular weight excluding hydrogens is 313 g/mol.